The monoisotopic (exact) mass is 249 g/mol. The van der Waals surface area contributed by atoms with Gasteiger partial charge in [0.05, 0.1) is 7.11 Å². The molecule has 0 radical (unpaired) electrons. The summed E-state index contributed by atoms with van der Waals surface area (Å²) in [7, 11) is 1.43. The third-order valence-electron chi connectivity index (χ3n) is 3.46. The summed E-state index contributed by atoms with van der Waals surface area (Å²) in [5.41, 5.74) is 3.33. The molecule has 0 spiro atoms. The van der Waals surface area contributed by atoms with Gasteiger partial charge in [-0.15, -0.1) is 0 Å². The number of esters is 1. The largest absolute Gasteiger partial charge is 0.468 e. The van der Waals surface area contributed by atoms with Crippen LogP contribution in [-0.2, 0) is 9.53 Å². The molecule has 0 saturated heterocycles. The molecule has 0 amide bonds. The van der Waals surface area contributed by atoms with E-state index in [2.05, 4.69) is 32.2 Å². The van der Waals surface area contributed by atoms with Crippen LogP contribution in [0.5, 0.6) is 0 Å². The molecule has 18 heavy (non-hydrogen) atoms. The third-order valence-corrected chi connectivity index (χ3v) is 3.46. The van der Waals surface area contributed by atoms with Crippen molar-refractivity contribution in [2.45, 2.75) is 46.2 Å². The predicted octanol–water partition coefficient (Wildman–Crippen LogP) is 2.91. The average molecular weight is 249 g/mol. The van der Waals surface area contributed by atoms with Crippen LogP contribution in [0.15, 0.2) is 18.2 Å². The predicted molar refractivity (Wildman–Crippen MR) is 73.6 cm³/mol. The molecule has 0 aliphatic rings. The smallest absolute Gasteiger partial charge is 0.327 e. The van der Waals surface area contributed by atoms with E-state index in [0.29, 0.717) is 0 Å². The van der Waals surface area contributed by atoms with Crippen LogP contribution in [0.3, 0.4) is 0 Å². The highest BCUT2D eigenvalue weighted by Gasteiger charge is 2.24. The summed E-state index contributed by atoms with van der Waals surface area (Å²) in [6, 6.07) is 5.90. The molecule has 0 aliphatic carbocycles. The fraction of sp³-hybridized carbons (Fsp3) is 0.533. The van der Waals surface area contributed by atoms with Crippen LogP contribution in [0.4, 0.5) is 0 Å². The molecule has 3 nitrogen and oxygen atoms in total. The minimum atomic E-state index is -0.384. The van der Waals surface area contributed by atoms with Crippen molar-refractivity contribution in [1.82, 2.24) is 5.32 Å². The van der Waals surface area contributed by atoms with Crippen molar-refractivity contribution in [2.75, 3.05) is 7.11 Å². The van der Waals surface area contributed by atoms with Crippen LogP contribution >= 0.6 is 0 Å². The lowest BCUT2D eigenvalue weighted by molar-refractivity contribution is -0.143. The van der Waals surface area contributed by atoms with E-state index in [1.807, 2.05) is 19.1 Å². The van der Waals surface area contributed by atoms with Crippen LogP contribution in [0, 0.1) is 13.8 Å². The zero-order valence-corrected chi connectivity index (χ0v) is 11.9. The number of benzene rings is 1. The molecule has 1 aromatic carbocycles. The molecule has 0 fully saturated rings. The Morgan fingerprint density at radius 3 is 2.61 bits per heavy atom. The Balaban J connectivity index is 3.09. The first-order valence-electron chi connectivity index (χ1n) is 6.41. The van der Waals surface area contributed by atoms with Gasteiger partial charge < -0.3 is 4.74 Å². The van der Waals surface area contributed by atoms with Crippen molar-refractivity contribution in [3.63, 3.8) is 0 Å². The van der Waals surface area contributed by atoms with E-state index in [-0.39, 0.29) is 18.1 Å². The number of carbonyl (C=O) groups excluding carboxylic acids is 1. The molecule has 0 aromatic heterocycles. The van der Waals surface area contributed by atoms with Gasteiger partial charge in [-0.05, 0) is 43.9 Å². The molecule has 0 heterocycles. The van der Waals surface area contributed by atoms with Gasteiger partial charge >= 0.3 is 5.97 Å². The number of nitrogens with one attached hydrogen (secondary N) is 1. The van der Waals surface area contributed by atoms with Gasteiger partial charge in [-0.2, -0.15) is 0 Å². The maximum absolute atomic E-state index is 11.9. The summed E-state index contributed by atoms with van der Waals surface area (Å²) in [5.74, 6) is -0.232. The molecule has 0 bridgehead atoms. The van der Waals surface area contributed by atoms with Gasteiger partial charge in [0.2, 0.25) is 0 Å². The van der Waals surface area contributed by atoms with Gasteiger partial charge in [-0.25, -0.2) is 4.79 Å². The highest BCUT2D eigenvalue weighted by atomic mass is 16.5. The molecular weight excluding hydrogens is 226 g/mol. The van der Waals surface area contributed by atoms with Gasteiger partial charge in [0.25, 0.3) is 0 Å². The first-order valence-corrected chi connectivity index (χ1v) is 6.41. The standard InChI is InChI=1S/C15H23NO2/c1-6-11(3)16-14(15(17)18-5)13-9-7-8-10(2)12(13)4/h7-9,11,14,16H,6H2,1-5H3. The molecule has 1 rings (SSSR count). The number of carbonyl (C=O) groups is 1. The summed E-state index contributed by atoms with van der Waals surface area (Å²) in [6.07, 6.45) is 0.971. The highest BCUT2D eigenvalue weighted by Crippen LogP contribution is 2.22. The van der Waals surface area contributed by atoms with Gasteiger partial charge in [-0.1, -0.05) is 25.1 Å². The minimum absolute atomic E-state index is 0.232. The SMILES string of the molecule is CCC(C)NC(C(=O)OC)c1cccc(C)c1C. The Kier molecular flexibility index (Phi) is 5.35. The number of hydrogen-bond acceptors (Lipinski definition) is 3. The number of aryl methyl sites for hydroxylation is 1. The highest BCUT2D eigenvalue weighted by molar-refractivity contribution is 5.78. The van der Waals surface area contributed by atoms with Gasteiger partial charge in [0, 0.05) is 6.04 Å². The molecule has 0 aliphatic heterocycles. The van der Waals surface area contributed by atoms with Crippen molar-refractivity contribution in [3.8, 4) is 0 Å². The van der Waals surface area contributed by atoms with Gasteiger partial charge in [-0.3, -0.25) is 5.32 Å². The first kappa shape index (κ1) is 14.7. The van der Waals surface area contributed by atoms with Crippen LogP contribution in [-0.4, -0.2) is 19.1 Å². The van der Waals surface area contributed by atoms with E-state index in [4.69, 9.17) is 4.74 Å². The Morgan fingerprint density at radius 2 is 2.06 bits per heavy atom. The Morgan fingerprint density at radius 1 is 1.39 bits per heavy atom. The van der Waals surface area contributed by atoms with Crippen molar-refractivity contribution >= 4 is 5.97 Å². The van der Waals surface area contributed by atoms with Crippen molar-refractivity contribution < 1.29 is 9.53 Å². The van der Waals surface area contributed by atoms with E-state index in [9.17, 15) is 4.79 Å². The Hall–Kier alpha value is -1.35. The number of hydrogen-bond donors (Lipinski definition) is 1. The van der Waals surface area contributed by atoms with Gasteiger partial charge in [0.1, 0.15) is 6.04 Å². The second-order valence-corrected chi connectivity index (χ2v) is 4.72. The maximum Gasteiger partial charge on any atom is 0.327 e. The summed E-state index contributed by atoms with van der Waals surface area (Å²) < 4.78 is 4.91. The van der Waals surface area contributed by atoms with E-state index in [0.717, 1.165) is 17.5 Å². The molecular formula is C15H23NO2. The quantitative estimate of drug-likeness (QED) is 0.815. The van der Waals surface area contributed by atoms with Gasteiger partial charge in [0.15, 0.2) is 0 Å². The zero-order chi connectivity index (χ0) is 13.7. The Bertz CT molecular complexity index is 415. The molecule has 2 unspecified atom stereocenters. The van der Waals surface area contributed by atoms with E-state index in [1.165, 1.54) is 12.7 Å². The molecule has 3 heteroatoms. The lowest BCUT2D eigenvalue weighted by atomic mass is 9.96. The number of rotatable bonds is 5. The van der Waals surface area contributed by atoms with Crippen molar-refractivity contribution in [3.05, 3.63) is 34.9 Å². The average Bonchev–Trinajstić information content (AvgIpc) is 2.38. The summed E-state index contributed by atoms with van der Waals surface area (Å²) in [5, 5.41) is 3.33. The fourth-order valence-corrected chi connectivity index (χ4v) is 1.89. The first-order chi connectivity index (χ1) is 8.51. The van der Waals surface area contributed by atoms with Crippen LogP contribution < -0.4 is 5.32 Å². The molecule has 0 saturated carbocycles. The molecule has 1 aromatic rings. The minimum Gasteiger partial charge on any atom is -0.468 e. The second kappa shape index (κ2) is 6.55. The van der Waals surface area contributed by atoms with Crippen LogP contribution in [0.25, 0.3) is 0 Å². The zero-order valence-electron chi connectivity index (χ0n) is 11.9. The lowest BCUT2D eigenvalue weighted by Crippen LogP contribution is -2.36. The number of methoxy groups -OCH3 is 1. The van der Waals surface area contributed by atoms with E-state index >= 15 is 0 Å². The van der Waals surface area contributed by atoms with Crippen molar-refractivity contribution in [2.24, 2.45) is 0 Å². The van der Waals surface area contributed by atoms with Crippen molar-refractivity contribution in [1.29, 1.82) is 0 Å². The van der Waals surface area contributed by atoms with Crippen LogP contribution in [0.1, 0.15) is 43.0 Å². The summed E-state index contributed by atoms with van der Waals surface area (Å²) in [4.78, 5) is 11.9. The Labute approximate surface area is 110 Å². The molecule has 2 atom stereocenters. The summed E-state index contributed by atoms with van der Waals surface area (Å²) in [6.45, 7) is 8.26. The second-order valence-electron chi connectivity index (χ2n) is 4.72. The number of ether oxygens (including phenoxy) is 1. The van der Waals surface area contributed by atoms with Crippen LogP contribution in [0.2, 0.25) is 0 Å². The topological polar surface area (TPSA) is 38.3 Å². The lowest BCUT2D eigenvalue weighted by Gasteiger charge is -2.23. The third kappa shape index (κ3) is 3.33. The normalized spacial score (nSPS) is 14.1. The molecule has 1 N–H and O–H groups in total. The maximum atomic E-state index is 11.9. The van der Waals surface area contributed by atoms with E-state index in [1.54, 1.807) is 0 Å². The fourth-order valence-electron chi connectivity index (χ4n) is 1.89. The molecule has 100 valence electrons. The van der Waals surface area contributed by atoms with E-state index < -0.39 is 0 Å². The summed E-state index contributed by atoms with van der Waals surface area (Å²) >= 11 is 0.